The average Bonchev–Trinajstić information content (AvgIpc) is 2.78. The van der Waals surface area contributed by atoms with Gasteiger partial charge in [0.05, 0.1) is 0 Å². The van der Waals surface area contributed by atoms with Crippen LogP contribution in [0.3, 0.4) is 0 Å². The third-order valence-corrected chi connectivity index (χ3v) is 4.46. The van der Waals surface area contributed by atoms with Crippen molar-refractivity contribution < 1.29 is 9.53 Å². The van der Waals surface area contributed by atoms with Gasteiger partial charge in [-0.3, -0.25) is 0 Å². The number of ether oxygens (including phenoxy) is 1. The molecule has 1 saturated heterocycles. The summed E-state index contributed by atoms with van der Waals surface area (Å²) in [5, 5.41) is 0. The summed E-state index contributed by atoms with van der Waals surface area (Å²) in [4.78, 5) is 13.7. The quantitative estimate of drug-likeness (QED) is 0.921. The van der Waals surface area contributed by atoms with Gasteiger partial charge in [-0.2, -0.15) is 0 Å². The fourth-order valence-corrected chi connectivity index (χ4v) is 3.56. The molecule has 0 aromatic heterocycles. The number of rotatable bonds is 3. The maximum Gasteiger partial charge on any atom is 0.405 e. The number of amides is 1. The Labute approximate surface area is 119 Å². The van der Waals surface area contributed by atoms with Crippen LogP contribution in [0, 0.1) is 5.92 Å². The number of nitrogens with zero attached hydrogens (tertiary/aromatic N) is 1. The minimum absolute atomic E-state index is 0.175. The number of fused-ring (bicyclic) bond motifs is 1. The van der Waals surface area contributed by atoms with Crippen LogP contribution in [-0.4, -0.2) is 30.6 Å². The van der Waals surface area contributed by atoms with E-state index in [0.29, 0.717) is 5.92 Å². The van der Waals surface area contributed by atoms with Crippen molar-refractivity contribution in [3.63, 3.8) is 0 Å². The van der Waals surface area contributed by atoms with Gasteiger partial charge in [-0.15, -0.1) is 0 Å². The van der Waals surface area contributed by atoms with Crippen molar-refractivity contribution in [2.75, 3.05) is 19.6 Å². The summed E-state index contributed by atoms with van der Waals surface area (Å²) in [7, 11) is 0. The predicted octanol–water partition coefficient (Wildman–Crippen LogP) is 2.48. The molecule has 1 fully saturated rings. The van der Waals surface area contributed by atoms with E-state index >= 15 is 0 Å². The van der Waals surface area contributed by atoms with E-state index in [-0.39, 0.29) is 6.10 Å². The van der Waals surface area contributed by atoms with Crippen LogP contribution in [0.5, 0.6) is 0 Å². The molecule has 1 aliphatic heterocycles. The van der Waals surface area contributed by atoms with E-state index in [1.165, 1.54) is 24.8 Å². The van der Waals surface area contributed by atoms with Crippen molar-refractivity contribution in [1.29, 1.82) is 0 Å². The van der Waals surface area contributed by atoms with Crippen molar-refractivity contribution in [2.45, 2.75) is 31.8 Å². The largest absolute Gasteiger partial charge is 0.441 e. The molecule has 0 saturated carbocycles. The summed E-state index contributed by atoms with van der Waals surface area (Å²) in [6.45, 7) is 3.32. The second-order valence-electron chi connectivity index (χ2n) is 5.88. The van der Waals surface area contributed by atoms with Crippen molar-refractivity contribution in [3.05, 3.63) is 35.4 Å². The first kappa shape index (κ1) is 13.4. The standard InChI is InChI=1S/C16H22N2O2/c17-16(19)20-15-13(11-18-8-4-1-5-9-18)10-12-6-2-3-7-14(12)15/h2-3,6-7,13,15H,1,4-5,8-11H2,(H2,17,19). The Hall–Kier alpha value is -1.55. The van der Waals surface area contributed by atoms with Crippen LogP contribution < -0.4 is 5.73 Å². The minimum atomic E-state index is -0.671. The summed E-state index contributed by atoms with van der Waals surface area (Å²) in [5.41, 5.74) is 7.68. The highest BCUT2D eigenvalue weighted by atomic mass is 16.6. The number of hydrogen-bond acceptors (Lipinski definition) is 3. The molecule has 108 valence electrons. The summed E-state index contributed by atoms with van der Waals surface area (Å²) >= 11 is 0. The van der Waals surface area contributed by atoms with E-state index in [1.807, 2.05) is 12.1 Å². The Balaban J connectivity index is 1.74. The summed E-state index contributed by atoms with van der Waals surface area (Å²) in [6.07, 6.45) is 4.02. The summed E-state index contributed by atoms with van der Waals surface area (Å²) in [6, 6.07) is 8.23. The van der Waals surface area contributed by atoms with Crippen LogP contribution in [0.15, 0.2) is 24.3 Å². The Morgan fingerprint density at radius 3 is 2.75 bits per heavy atom. The van der Waals surface area contributed by atoms with Crippen LogP contribution in [0.2, 0.25) is 0 Å². The van der Waals surface area contributed by atoms with Crippen molar-refractivity contribution in [2.24, 2.45) is 11.7 Å². The lowest BCUT2D eigenvalue weighted by atomic mass is 10.0. The van der Waals surface area contributed by atoms with E-state index in [0.717, 1.165) is 31.6 Å². The second-order valence-corrected chi connectivity index (χ2v) is 5.88. The Morgan fingerprint density at radius 2 is 2.00 bits per heavy atom. The lowest BCUT2D eigenvalue weighted by Crippen LogP contribution is -2.36. The number of primary amides is 1. The number of nitrogens with two attached hydrogens (primary N) is 1. The van der Waals surface area contributed by atoms with Gasteiger partial charge in [-0.1, -0.05) is 30.7 Å². The zero-order valence-corrected chi connectivity index (χ0v) is 11.8. The maximum absolute atomic E-state index is 11.2. The average molecular weight is 274 g/mol. The van der Waals surface area contributed by atoms with Crippen molar-refractivity contribution in [1.82, 2.24) is 4.90 Å². The van der Waals surface area contributed by atoms with Crippen LogP contribution >= 0.6 is 0 Å². The number of likely N-dealkylation sites (tertiary alicyclic amines) is 1. The molecule has 2 aliphatic rings. The highest BCUT2D eigenvalue weighted by molar-refractivity contribution is 5.65. The zero-order chi connectivity index (χ0) is 13.9. The fourth-order valence-electron chi connectivity index (χ4n) is 3.56. The minimum Gasteiger partial charge on any atom is -0.441 e. The second kappa shape index (κ2) is 5.83. The van der Waals surface area contributed by atoms with Crippen LogP contribution in [0.25, 0.3) is 0 Å². The third kappa shape index (κ3) is 2.80. The molecule has 0 spiro atoms. The van der Waals surface area contributed by atoms with E-state index in [2.05, 4.69) is 17.0 Å². The van der Waals surface area contributed by atoms with Crippen LogP contribution in [0.4, 0.5) is 4.79 Å². The monoisotopic (exact) mass is 274 g/mol. The van der Waals surface area contributed by atoms with Gasteiger partial charge in [-0.05, 0) is 43.5 Å². The molecule has 4 nitrogen and oxygen atoms in total. The SMILES string of the molecule is NC(=O)OC1c2ccccc2CC1CN1CCCCC1. The van der Waals surface area contributed by atoms with Crippen molar-refractivity contribution in [3.8, 4) is 0 Å². The van der Waals surface area contributed by atoms with Gasteiger partial charge in [0.15, 0.2) is 0 Å². The predicted molar refractivity (Wildman–Crippen MR) is 77.3 cm³/mol. The summed E-state index contributed by atoms with van der Waals surface area (Å²) in [5.74, 6) is 0.331. The summed E-state index contributed by atoms with van der Waals surface area (Å²) < 4.78 is 5.40. The maximum atomic E-state index is 11.2. The Bertz CT molecular complexity index is 483. The topological polar surface area (TPSA) is 55.6 Å². The third-order valence-electron chi connectivity index (χ3n) is 4.46. The molecular formula is C16H22N2O2. The van der Waals surface area contributed by atoms with Crippen LogP contribution in [0.1, 0.15) is 36.5 Å². The Morgan fingerprint density at radius 1 is 1.25 bits per heavy atom. The fraction of sp³-hybridized carbons (Fsp3) is 0.562. The molecule has 2 atom stereocenters. The molecular weight excluding hydrogens is 252 g/mol. The molecule has 2 unspecified atom stereocenters. The molecule has 20 heavy (non-hydrogen) atoms. The molecule has 1 aliphatic carbocycles. The number of benzene rings is 1. The molecule has 4 heteroatoms. The van der Waals surface area contributed by atoms with Gasteiger partial charge in [0.1, 0.15) is 6.10 Å². The molecule has 0 bridgehead atoms. The smallest absolute Gasteiger partial charge is 0.405 e. The molecule has 1 aromatic rings. The van der Waals surface area contributed by atoms with E-state index in [1.54, 1.807) is 0 Å². The Kier molecular flexibility index (Phi) is 3.92. The normalized spacial score (nSPS) is 26.2. The first-order valence-electron chi connectivity index (χ1n) is 7.50. The van der Waals surface area contributed by atoms with Gasteiger partial charge in [-0.25, -0.2) is 4.79 Å². The molecule has 3 rings (SSSR count). The number of carbonyl (C=O) groups excluding carboxylic acids is 1. The highest BCUT2D eigenvalue weighted by Gasteiger charge is 2.35. The van der Waals surface area contributed by atoms with E-state index in [4.69, 9.17) is 10.5 Å². The highest BCUT2D eigenvalue weighted by Crippen LogP contribution is 2.39. The van der Waals surface area contributed by atoms with Crippen molar-refractivity contribution >= 4 is 6.09 Å². The number of carbonyl (C=O) groups is 1. The number of hydrogen-bond donors (Lipinski definition) is 1. The molecule has 2 N–H and O–H groups in total. The number of piperidine rings is 1. The molecule has 1 heterocycles. The van der Waals surface area contributed by atoms with Gasteiger partial charge in [0, 0.05) is 12.5 Å². The lowest BCUT2D eigenvalue weighted by molar-refractivity contribution is 0.0576. The van der Waals surface area contributed by atoms with Gasteiger partial charge in [0.2, 0.25) is 0 Å². The van der Waals surface area contributed by atoms with Gasteiger partial charge >= 0.3 is 6.09 Å². The van der Waals surface area contributed by atoms with Gasteiger partial charge in [0.25, 0.3) is 0 Å². The zero-order valence-electron chi connectivity index (χ0n) is 11.8. The van der Waals surface area contributed by atoms with Crippen LogP contribution in [-0.2, 0) is 11.2 Å². The van der Waals surface area contributed by atoms with E-state index in [9.17, 15) is 4.79 Å². The first-order valence-corrected chi connectivity index (χ1v) is 7.50. The molecule has 1 aromatic carbocycles. The lowest BCUT2D eigenvalue weighted by Gasteiger charge is -2.31. The van der Waals surface area contributed by atoms with Gasteiger partial charge < -0.3 is 15.4 Å². The van der Waals surface area contributed by atoms with E-state index < -0.39 is 6.09 Å². The molecule has 0 radical (unpaired) electrons. The molecule has 1 amide bonds. The first-order chi connectivity index (χ1) is 9.74.